The zero-order chi connectivity index (χ0) is 15.4. The van der Waals surface area contributed by atoms with Gasteiger partial charge in [-0.3, -0.25) is 4.79 Å². The Morgan fingerprint density at radius 3 is 2.43 bits per heavy atom. The van der Waals surface area contributed by atoms with E-state index in [1.807, 2.05) is 14.1 Å². The number of hydrogen-bond acceptors (Lipinski definition) is 3. The Balaban J connectivity index is 2.46. The number of pyridine rings is 1. The molecular weight excluding hydrogens is 335 g/mol. The molecule has 0 aliphatic rings. The minimum Gasteiger partial charge on any atom is -0.383 e. The molecule has 0 radical (unpaired) electrons. The fourth-order valence-corrected chi connectivity index (χ4v) is 2.21. The molecule has 5 heteroatoms. The van der Waals surface area contributed by atoms with Crippen LogP contribution < -0.4 is 0 Å². The van der Waals surface area contributed by atoms with Crippen molar-refractivity contribution in [1.82, 2.24) is 9.88 Å². The molecule has 0 amide bonds. The smallest absolute Gasteiger partial charge is 0.195 e. The van der Waals surface area contributed by atoms with E-state index in [1.54, 1.807) is 29.4 Å². The van der Waals surface area contributed by atoms with Crippen LogP contribution in [0.4, 0.5) is 4.39 Å². The van der Waals surface area contributed by atoms with Gasteiger partial charge in [0.05, 0.1) is 0 Å². The molecule has 0 fully saturated rings. The average molecular weight is 349 g/mol. The molecule has 108 valence electrons. The summed E-state index contributed by atoms with van der Waals surface area (Å²) >= 11 is 3.30. The predicted molar refractivity (Wildman–Crippen MR) is 84.3 cm³/mol. The Hall–Kier alpha value is -2.01. The average Bonchev–Trinajstić information content (AvgIpc) is 2.44. The maximum Gasteiger partial charge on any atom is 0.195 e. The van der Waals surface area contributed by atoms with Crippen molar-refractivity contribution in [2.45, 2.75) is 0 Å². The van der Waals surface area contributed by atoms with Crippen LogP contribution in [0.1, 0.15) is 15.9 Å². The number of halogens is 2. The molecule has 3 nitrogen and oxygen atoms in total. The summed E-state index contributed by atoms with van der Waals surface area (Å²) in [5, 5.41) is 0. The van der Waals surface area contributed by atoms with E-state index in [-0.39, 0.29) is 11.6 Å². The standard InChI is InChI=1S/C16H14BrFN2O/c1-20(2)10-14(12-7-8-19-15(17)9-12)16(21)11-3-5-13(18)6-4-11/h3-10H,1-2H3/b14-10-. The Bertz CT molecular complexity index is 681. The Labute approximate surface area is 131 Å². The third-order valence-corrected chi connectivity index (χ3v) is 3.21. The molecule has 1 aromatic heterocycles. The second-order valence-corrected chi connectivity index (χ2v) is 5.52. The van der Waals surface area contributed by atoms with Crippen molar-refractivity contribution < 1.29 is 9.18 Å². The van der Waals surface area contributed by atoms with Gasteiger partial charge in [0.1, 0.15) is 10.4 Å². The van der Waals surface area contributed by atoms with Gasteiger partial charge in [-0.25, -0.2) is 9.37 Å². The second-order valence-electron chi connectivity index (χ2n) is 4.71. The summed E-state index contributed by atoms with van der Waals surface area (Å²) in [5.41, 5.74) is 1.71. The van der Waals surface area contributed by atoms with Crippen molar-refractivity contribution in [2.75, 3.05) is 14.1 Å². The third kappa shape index (κ3) is 3.98. The summed E-state index contributed by atoms with van der Waals surface area (Å²) in [7, 11) is 3.68. The van der Waals surface area contributed by atoms with Crippen LogP contribution in [0.2, 0.25) is 0 Å². The summed E-state index contributed by atoms with van der Waals surface area (Å²) in [6.45, 7) is 0. The first kappa shape index (κ1) is 15.4. The Morgan fingerprint density at radius 1 is 1.19 bits per heavy atom. The van der Waals surface area contributed by atoms with Gasteiger partial charge in [0.2, 0.25) is 0 Å². The normalized spacial score (nSPS) is 11.3. The van der Waals surface area contributed by atoms with Gasteiger partial charge in [-0.2, -0.15) is 0 Å². The lowest BCUT2D eigenvalue weighted by Gasteiger charge is -2.12. The number of Topliss-reactive ketones (excluding diaryl/α,β-unsaturated/α-hetero) is 1. The third-order valence-electron chi connectivity index (χ3n) is 2.78. The van der Waals surface area contributed by atoms with Crippen LogP contribution in [0.3, 0.4) is 0 Å². The zero-order valence-corrected chi connectivity index (χ0v) is 13.3. The van der Waals surface area contributed by atoms with Crippen molar-refractivity contribution in [3.63, 3.8) is 0 Å². The van der Waals surface area contributed by atoms with E-state index in [2.05, 4.69) is 20.9 Å². The van der Waals surface area contributed by atoms with Gasteiger partial charge in [0.25, 0.3) is 0 Å². The van der Waals surface area contributed by atoms with Crippen LogP contribution in [0, 0.1) is 5.82 Å². The zero-order valence-electron chi connectivity index (χ0n) is 11.7. The molecule has 0 N–H and O–H groups in total. The Kier molecular flexibility index (Phi) is 4.85. The molecule has 0 aliphatic carbocycles. The summed E-state index contributed by atoms with van der Waals surface area (Å²) in [4.78, 5) is 18.5. The van der Waals surface area contributed by atoms with Crippen LogP contribution in [0.25, 0.3) is 5.57 Å². The lowest BCUT2D eigenvalue weighted by molar-refractivity contribution is 0.105. The fraction of sp³-hybridized carbons (Fsp3) is 0.125. The quantitative estimate of drug-likeness (QED) is 0.479. The van der Waals surface area contributed by atoms with Crippen LogP contribution in [0.15, 0.2) is 53.4 Å². The molecule has 0 bridgehead atoms. The topological polar surface area (TPSA) is 33.2 Å². The van der Waals surface area contributed by atoms with Gasteiger partial charge in [-0.1, -0.05) is 0 Å². The van der Waals surface area contributed by atoms with Crippen LogP contribution >= 0.6 is 15.9 Å². The number of rotatable bonds is 4. The fourth-order valence-electron chi connectivity index (χ4n) is 1.85. The molecule has 1 aromatic carbocycles. The van der Waals surface area contributed by atoms with Gasteiger partial charge in [-0.15, -0.1) is 0 Å². The van der Waals surface area contributed by atoms with E-state index in [4.69, 9.17) is 0 Å². The lowest BCUT2D eigenvalue weighted by Crippen LogP contribution is -2.09. The van der Waals surface area contributed by atoms with Crippen molar-refractivity contribution in [3.05, 3.63) is 70.3 Å². The van der Waals surface area contributed by atoms with E-state index in [0.717, 1.165) is 5.56 Å². The van der Waals surface area contributed by atoms with Gasteiger partial charge < -0.3 is 4.90 Å². The highest BCUT2D eigenvalue weighted by molar-refractivity contribution is 9.10. The highest BCUT2D eigenvalue weighted by atomic mass is 79.9. The molecule has 21 heavy (non-hydrogen) atoms. The minimum absolute atomic E-state index is 0.165. The van der Waals surface area contributed by atoms with Crippen LogP contribution in [-0.4, -0.2) is 29.8 Å². The van der Waals surface area contributed by atoms with Crippen LogP contribution in [-0.2, 0) is 0 Å². The molecule has 0 spiro atoms. The minimum atomic E-state index is -0.364. The lowest BCUT2D eigenvalue weighted by atomic mass is 9.98. The van der Waals surface area contributed by atoms with Crippen molar-refractivity contribution in [3.8, 4) is 0 Å². The van der Waals surface area contributed by atoms with Gasteiger partial charge >= 0.3 is 0 Å². The first-order chi connectivity index (χ1) is 9.97. The molecule has 0 unspecified atom stereocenters. The van der Waals surface area contributed by atoms with Crippen molar-refractivity contribution >= 4 is 27.3 Å². The van der Waals surface area contributed by atoms with E-state index in [0.29, 0.717) is 15.7 Å². The van der Waals surface area contributed by atoms with Crippen molar-refractivity contribution in [2.24, 2.45) is 0 Å². The highest BCUT2D eigenvalue weighted by Gasteiger charge is 2.15. The molecule has 2 rings (SSSR count). The number of ketones is 1. The number of carbonyl (C=O) groups is 1. The van der Waals surface area contributed by atoms with Gasteiger partial charge in [-0.05, 0) is 57.9 Å². The molecule has 1 heterocycles. The number of allylic oxidation sites excluding steroid dienone is 1. The van der Waals surface area contributed by atoms with E-state index in [9.17, 15) is 9.18 Å². The van der Waals surface area contributed by atoms with Crippen LogP contribution in [0.5, 0.6) is 0 Å². The number of hydrogen-bond donors (Lipinski definition) is 0. The largest absolute Gasteiger partial charge is 0.383 e. The molecule has 0 saturated carbocycles. The van der Waals surface area contributed by atoms with Crippen molar-refractivity contribution in [1.29, 1.82) is 0 Å². The van der Waals surface area contributed by atoms with E-state index < -0.39 is 0 Å². The molecule has 0 atom stereocenters. The van der Waals surface area contributed by atoms with E-state index in [1.165, 1.54) is 24.3 Å². The second kappa shape index (κ2) is 6.63. The first-order valence-electron chi connectivity index (χ1n) is 6.28. The first-order valence-corrected chi connectivity index (χ1v) is 7.07. The number of nitrogens with zero attached hydrogens (tertiary/aromatic N) is 2. The summed E-state index contributed by atoms with van der Waals surface area (Å²) in [5.74, 6) is -0.529. The predicted octanol–water partition coefficient (Wildman–Crippen LogP) is 3.77. The molecule has 0 saturated heterocycles. The van der Waals surface area contributed by atoms with Gasteiger partial charge in [0, 0.05) is 37.6 Å². The number of aromatic nitrogens is 1. The molecular formula is C16H14BrFN2O. The Morgan fingerprint density at radius 2 is 1.86 bits per heavy atom. The summed E-state index contributed by atoms with van der Waals surface area (Å²) < 4.78 is 13.6. The van der Waals surface area contributed by atoms with E-state index >= 15 is 0 Å². The number of carbonyl (C=O) groups excluding carboxylic acids is 1. The number of benzene rings is 1. The maximum absolute atomic E-state index is 13.0. The maximum atomic E-state index is 13.0. The SMILES string of the molecule is CN(C)/C=C(\C(=O)c1ccc(F)cc1)c1ccnc(Br)c1. The van der Waals surface area contributed by atoms with Gasteiger partial charge in [0.15, 0.2) is 5.78 Å². The highest BCUT2D eigenvalue weighted by Crippen LogP contribution is 2.22. The monoisotopic (exact) mass is 348 g/mol. The summed E-state index contributed by atoms with van der Waals surface area (Å²) in [6.07, 6.45) is 3.37. The molecule has 0 aliphatic heterocycles. The summed E-state index contributed by atoms with van der Waals surface area (Å²) in [6, 6.07) is 9.07. The molecule has 2 aromatic rings.